The van der Waals surface area contributed by atoms with Crippen LogP contribution in [0.5, 0.6) is 0 Å². The van der Waals surface area contributed by atoms with Crippen LogP contribution in [-0.2, 0) is 6.54 Å². The number of anilines is 2. The zero-order valence-corrected chi connectivity index (χ0v) is 17.7. The lowest BCUT2D eigenvalue weighted by atomic mass is 9.94. The first kappa shape index (κ1) is 19.8. The number of hydrogen-bond donors (Lipinski definition) is 1. The van der Waals surface area contributed by atoms with Gasteiger partial charge in [0.25, 0.3) is 0 Å². The van der Waals surface area contributed by atoms with Gasteiger partial charge < -0.3 is 5.32 Å². The lowest BCUT2D eigenvalue weighted by Gasteiger charge is -2.31. The lowest BCUT2D eigenvalue weighted by Crippen LogP contribution is -2.32. The van der Waals surface area contributed by atoms with E-state index in [1.165, 1.54) is 0 Å². The molecule has 1 fully saturated rings. The minimum atomic E-state index is 0.411. The molecule has 1 aliphatic rings. The first-order valence-corrected chi connectivity index (χ1v) is 11.5. The van der Waals surface area contributed by atoms with Gasteiger partial charge in [-0.05, 0) is 44.3 Å². The Morgan fingerprint density at radius 1 is 1.21 bits per heavy atom. The summed E-state index contributed by atoms with van der Waals surface area (Å²) >= 11 is 3.17. The smallest absolute Gasteiger partial charge is 0.187 e. The average Bonchev–Trinajstić information content (AvgIpc) is 3.24. The van der Waals surface area contributed by atoms with E-state index in [1.807, 2.05) is 30.8 Å². The topological polar surface area (TPSA) is 90.6 Å². The van der Waals surface area contributed by atoms with Crippen LogP contribution in [0.15, 0.2) is 41.3 Å². The third-order valence-electron chi connectivity index (χ3n) is 4.93. The number of rotatable bonds is 6. The zero-order chi connectivity index (χ0) is 20.1. The van der Waals surface area contributed by atoms with Gasteiger partial charge in [-0.25, -0.2) is 19.9 Å². The van der Waals surface area contributed by atoms with Crippen LogP contribution in [-0.4, -0.2) is 44.2 Å². The molecule has 1 aliphatic heterocycles. The molecule has 9 heteroatoms. The molecular weight excluding hydrogens is 402 g/mol. The summed E-state index contributed by atoms with van der Waals surface area (Å²) in [5, 5.41) is 15.9. The minimum absolute atomic E-state index is 0.411. The van der Waals surface area contributed by atoms with E-state index < -0.39 is 0 Å². The van der Waals surface area contributed by atoms with E-state index in [0.29, 0.717) is 11.6 Å². The molecule has 0 spiro atoms. The zero-order valence-electron chi connectivity index (χ0n) is 16.1. The molecule has 1 saturated heterocycles. The van der Waals surface area contributed by atoms with Crippen LogP contribution in [0.4, 0.5) is 10.8 Å². The monoisotopic (exact) mass is 423 g/mol. The summed E-state index contributed by atoms with van der Waals surface area (Å²) in [6.07, 6.45) is 9.72. The molecule has 3 aromatic rings. The predicted octanol–water partition coefficient (Wildman–Crippen LogP) is 4.04. The highest BCUT2D eigenvalue weighted by atomic mass is 32.2. The van der Waals surface area contributed by atoms with Crippen LogP contribution in [0.25, 0.3) is 0 Å². The van der Waals surface area contributed by atoms with Gasteiger partial charge in [0.1, 0.15) is 11.8 Å². The standard InChI is InChI=1S/C20H21N7S2/c1-28-19-23-9-14(10-24-19)12-27-6-4-15(5-7-27)18-13-29-20(26-18)25-17-3-2-16(8-21)22-11-17/h2-3,9-11,13,15H,4-7,12H2,1H3,(H,25,26). The molecule has 0 unspecified atom stereocenters. The van der Waals surface area contributed by atoms with Crippen molar-refractivity contribution < 1.29 is 0 Å². The Hall–Kier alpha value is -2.54. The average molecular weight is 424 g/mol. The van der Waals surface area contributed by atoms with Crippen molar-refractivity contribution in [1.29, 1.82) is 5.26 Å². The summed E-state index contributed by atoms with van der Waals surface area (Å²) in [4.78, 5) is 20.0. The number of nitriles is 1. The first-order valence-electron chi connectivity index (χ1n) is 9.39. The second-order valence-electron chi connectivity index (χ2n) is 6.87. The third kappa shape index (κ3) is 5.09. The molecule has 0 saturated carbocycles. The summed E-state index contributed by atoms with van der Waals surface area (Å²) in [7, 11) is 0. The molecule has 0 aromatic carbocycles. The first-order chi connectivity index (χ1) is 14.2. The third-order valence-corrected chi connectivity index (χ3v) is 6.28. The molecule has 0 bridgehead atoms. The van der Waals surface area contributed by atoms with Gasteiger partial charge in [0.15, 0.2) is 10.3 Å². The molecule has 148 valence electrons. The van der Waals surface area contributed by atoms with E-state index in [9.17, 15) is 0 Å². The maximum absolute atomic E-state index is 8.83. The van der Waals surface area contributed by atoms with Gasteiger partial charge in [0, 0.05) is 35.8 Å². The fourth-order valence-corrected chi connectivity index (χ4v) is 4.49. The van der Waals surface area contributed by atoms with Gasteiger partial charge in [-0.3, -0.25) is 4.90 Å². The number of likely N-dealkylation sites (tertiary alicyclic amines) is 1. The molecule has 0 aliphatic carbocycles. The molecule has 0 radical (unpaired) electrons. The SMILES string of the molecule is CSc1ncc(CN2CCC(c3csc(Nc4ccc(C#N)nc4)n3)CC2)cn1. The highest BCUT2D eigenvalue weighted by Crippen LogP contribution is 2.31. The van der Waals surface area contributed by atoms with Crippen LogP contribution in [0, 0.1) is 11.3 Å². The normalized spacial score (nSPS) is 15.2. The second kappa shape index (κ2) is 9.31. The number of aromatic nitrogens is 4. The fraction of sp³-hybridized carbons (Fsp3) is 0.350. The summed E-state index contributed by atoms with van der Waals surface area (Å²) in [5.41, 5.74) is 3.58. The number of thioether (sulfide) groups is 1. The fourth-order valence-electron chi connectivity index (χ4n) is 3.36. The van der Waals surface area contributed by atoms with Crippen molar-refractivity contribution in [3.8, 4) is 6.07 Å². The Kier molecular flexibility index (Phi) is 6.34. The largest absolute Gasteiger partial charge is 0.330 e. The van der Waals surface area contributed by atoms with Crippen LogP contribution in [0.3, 0.4) is 0 Å². The number of nitrogens with zero attached hydrogens (tertiary/aromatic N) is 6. The molecule has 4 rings (SSSR count). The minimum Gasteiger partial charge on any atom is -0.330 e. The van der Waals surface area contributed by atoms with E-state index in [0.717, 1.165) is 59.7 Å². The maximum atomic E-state index is 8.83. The second-order valence-corrected chi connectivity index (χ2v) is 8.51. The lowest BCUT2D eigenvalue weighted by molar-refractivity contribution is 0.203. The number of piperidine rings is 1. The summed E-state index contributed by atoms with van der Waals surface area (Å²) in [6.45, 7) is 3.00. The number of hydrogen-bond acceptors (Lipinski definition) is 9. The summed E-state index contributed by atoms with van der Waals surface area (Å²) < 4.78 is 0. The predicted molar refractivity (Wildman–Crippen MR) is 115 cm³/mol. The van der Waals surface area contributed by atoms with Gasteiger partial charge in [-0.15, -0.1) is 11.3 Å². The van der Waals surface area contributed by atoms with E-state index in [-0.39, 0.29) is 0 Å². The van der Waals surface area contributed by atoms with Crippen molar-refractivity contribution in [3.63, 3.8) is 0 Å². The summed E-state index contributed by atoms with van der Waals surface area (Å²) in [5.74, 6) is 0.493. The summed E-state index contributed by atoms with van der Waals surface area (Å²) in [6, 6.07) is 5.57. The van der Waals surface area contributed by atoms with Crippen molar-refractivity contribution in [3.05, 3.63) is 53.1 Å². The van der Waals surface area contributed by atoms with Gasteiger partial charge in [0.2, 0.25) is 0 Å². The van der Waals surface area contributed by atoms with Gasteiger partial charge in [-0.1, -0.05) is 11.8 Å². The van der Waals surface area contributed by atoms with Crippen molar-refractivity contribution in [2.24, 2.45) is 0 Å². The Morgan fingerprint density at radius 3 is 2.66 bits per heavy atom. The van der Waals surface area contributed by atoms with Crippen molar-refractivity contribution in [2.45, 2.75) is 30.5 Å². The van der Waals surface area contributed by atoms with E-state index in [2.05, 4.69) is 30.5 Å². The van der Waals surface area contributed by atoms with Gasteiger partial charge in [0.05, 0.1) is 17.6 Å². The van der Waals surface area contributed by atoms with E-state index in [1.54, 1.807) is 35.4 Å². The Labute approximate surface area is 178 Å². The van der Waals surface area contributed by atoms with Crippen molar-refractivity contribution in [1.82, 2.24) is 24.8 Å². The molecule has 3 aromatic heterocycles. The van der Waals surface area contributed by atoms with Crippen LogP contribution < -0.4 is 5.32 Å². The maximum Gasteiger partial charge on any atom is 0.187 e. The quantitative estimate of drug-likeness (QED) is 0.469. The molecule has 7 nitrogen and oxygen atoms in total. The van der Waals surface area contributed by atoms with E-state index in [4.69, 9.17) is 10.2 Å². The molecule has 1 N–H and O–H groups in total. The van der Waals surface area contributed by atoms with E-state index >= 15 is 0 Å². The van der Waals surface area contributed by atoms with Crippen molar-refractivity contribution >= 4 is 33.9 Å². The molecular formula is C20H21N7S2. The molecule has 0 amide bonds. The highest BCUT2D eigenvalue weighted by Gasteiger charge is 2.23. The van der Waals surface area contributed by atoms with Crippen LogP contribution in [0.1, 0.15) is 35.7 Å². The van der Waals surface area contributed by atoms with Crippen molar-refractivity contribution in [2.75, 3.05) is 24.7 Å². The number of pyridine rings is 1. The number of nitrogens with one attached hydrogen (secondary N) is 1. The van der Waals surface area contributed by atoms with Crippen LogP contribution in [0.2, 0.25) is 0 Å². The molecule has 29 heavy (non-hydrogen) atoms. The Balaban J connectivity index is 1.30. The van der Waals surface area contributed by atoms with Crippen LogP contribution >= 0.6 is 23.1 Å². The Bertz CT molecular complexity index is 971. The van der Waals surface area contributed by atoms with Gasteiger partial charge >= 0.3 is 0 Å². The highest BCUT2D eigenvalue weighted by molar-refractivity contribution is 7.98. The molecule has 4 heterocycles. The molecule has 0 atom stereocenters. The Morgan fingerprint density at radius 2 is 2.00 bits per heavy atom. The number of thiazole rings is 1. The van der Waals surface area contributed by atoms with Gasteiger partial charge in [-0.2, -0.15) is 5.26 Å².